The van der Waals surface area contributed by atoms with E-state index in [1.54, 1.807) is 76.8 Å². The number of nitrogens with two attached hydrogens (primary N) is 5. The maximum Gasteiger partial charge on any atom is 1.00 e. The fourth-order valence-electron chi connectivity index (χ4n) is 3.63. The fourth-order valence-corrected chi connectivity index (χ4v) is 8.21. The van der Waals surface area contributed by atoms with Gasteiger partial charge < -0.3 is 66.8 Å². The van der Waals surface area contributed by atoms with Gasteiger partial charge in [0.2, 0.25) is 0 Å². The molecule has 2 heterocycles. The van der Waals surface area contributed by atoms with Crippen LogP contribution >= 0.6 is 133 Å². The van der Waals surface area contributed by atoms with Gasteiger partial charge in [0, 0.05) is 65.6 Å². The van der Waals surface area contributed by atoms with Crippen LogP contribution in [0, 0.1) is 17.2 Å². The number of halogens is 4. The van der Waals surface area contributed by atoms with Crippen molar-refractivity contribution in [2.75, 3.05) is 94.5 Å². The molecule has 34 heteroatoms. The summed E-state index contributed by atoms with van der Waals surface area (Å²) in [5.41, 5.74) is 23.4. The van der Waals surface area contributed by atoms with Gasteiger partial charge in [0.05, 0.1) is 17.5 Å². The van der Waals surface area contributed by atoms with Crippen molar-refractivity contribution < 1.29 is 78.1 Å². The Bertz CT molecular complexity index is 1650. The Morgan fingerprint density at radius 3 is 1.17 bits per heavy atom. The maximum atomic E-state index is 11.3. The smallest absolute Gasteiger partial charge is 0.512 e. The van der Waals surface area contributed by atoms with Crippen LogP contribution in [0.3, 0.4) is 0 Å². The van der Waals surface area contributed by atoms with Crippen LogP contribution in [0.2, 0.25) is 0 Å². The number of nitrogens with zero attached hydrogens (tertiary/aromatic N) is 2. The molecule has 2 aliphatic heterocycles. The first-order valence-electron chi connectivity index (χ1n) is 24.5. The molecule has 0 aromatic rings. The second-order valence-corrected chi connectivity index (χ2v) is 24.0. The number of aliphatic imine (C=N–C) groups is 1. The van der Waals surface area contributed by atoms with E-state index in [9.17, 15) is 38.4 Å². The second kappa shape index (κ2) is 72.7. The average molecular weight is 1400 g/mol. The summed E-state index contributed by atoms with van der Waals surface area (Å²) in [6, 6.07) is -0.769. The van der Waals surface area contributed by atoms with E-state index in [2.05, 4.69) is 79.2 Å². The van der Waals surface area contributed by atoms with Crippen molar-refractivity contribution in [1.29, 1.82) is 10.7 Å². The van der Waals surface area contributed by atoms with Gasteiger partial charge in [-0.25, -0.2) is 9.59 Å². The number of nitrogens with one attached hydrogen (secondary N) is 5. The predicted octanol–water partition coefficient (Wildman–Crippen LogP) is 3.98. The number of carboxylic acid groups (broad SMARTS) is 2. The number of amides is 6. The molecule has 484 valence electrons. The van der Waals surface area contributed by atoms with Gasteiger partial charge >= 0.3 is 53.6 Å². The summed E-state index contributed by atoms with van der Waals surface area (Å²) in [6.07, 6.45) is 4.51. The number of ketones is 2. The third kappa shape index (κ3) is 81.3. The van der Waals surface area contributed by atoms with Gasteiger partial charge in [-0.2, -0.15) is 84.1 Å². The second-order valence-electron chi connectivity index (χ2n) is 17.3. The Morgan fingerprint density at radius 1 is 0.659 bits per heavy atom. The molecular weight excluding hydrogens is 1290 g/mol. The number of imide groups is 2. The number of urea groups is 2. The molecule has 0 spiro atoms. The quantitative estimate of drug-likeness (QED) is 0.00851. The Balaban J connectivity index is -0.0000000688. The molecule has 0 saturated carbocycles. The molecule has 0 aliphatic carbocycles. The molecule has 0 radical (unpaired) electrons. The predicted molar refractivity (Wildman–Crippen MR) is 364 cm³/mol. The summed E-state index contributed by atoms with van der Waals surface area (Å²) < 4.78 is 0. The van der Waals surface area contributed by atoms with E-state index in [4.69, 9.17) is 67.7 Å². The molecule has 0 aromatic heterocycles. The number of Topliss-reactive ketones (excluding diaryl/α,β-unsaturated/α-hetero) is 2. The zero-order valence-corrected chi connectivity index (χ0v) is 61.7. The number of alkyl halides is 1. The molecule has 2 saturated heterocycles. The van der Waals surface area contributed by atoms with Gasteiger partial charge in [-0.15, -0.1) is 48.8 Å². The van der Waals surface area contributed by atoms with E-state index in [1.807, 2.05) is 0 Å². The number of thiol groups is 2. The van der Waals surface area contributed by atoms with E-state index in [-0.39, 0.29) is 108 Å². The minimum absolute atomic E-state index is 0. The average Bonchev–Trinajstić information content (AvgIpc) is 3.77. The molecule has 17 N–H and O–H groups in total. The molecule has 4 atom stereocenters. The van der Waals surface area contributed by atoms with Gasteiger partial charge in [-0.05, 0) is 111 Å². The van der Waals surface area contributed by atoms with Crippen LogP contribution in [-0.4, -0.2) is 186 Å². The van der Waals surface area contributed by atoms with Gasteiger partial charge in [0.15, 0.2) is 0 Å². The molecule has 6 amide bonds. The first-order chi connectivity index (χ1) is 36.1. The number of hydrogen-bond donors (Lipinski definition) is 14. The SMILES string of the molecule is CC(=O)CCl.CC(C)=N.CC(N)=NCCSC[C@](C)(N)C(=O)O.CCCS.CCCSCC(C)=O.CCCSCC1(C)NC(=O)NC1=O.CCCSC[C@]1(C)NC(=O)NC1=O.C[C@](N)(CSCCN)C(=O)O.Cl.Cl.Cl.NCCS.[C-]#N.[Na+]. The number of aliphatic carboxylic acids is 2. The van der Waals surface area contributed by atoms with Crippen molar-refractivity contribution in [3.8, 4) is 0 Å². The first-order valence-corrected chi connectivity index (χ1v) is 32.1. The maximum absolute atomic E-state index is 11.3. The summed E-state index contributed by atoms with van der Waals surface area (Å²) in [7, 11) is 0. The molecule has 0 bridgehead atoms. The number of amidine groups is 1. The van der Waals surface area contributed by atoms with Crippen LogP contribution < -0.4 is 79.5 Å². The topological polar surface area (TPSA) is 415 Å². The summed E-state index contributed by atoms with van der Waals surface area (Å²) in [4.78, 5) is 89.3. The first kappa shape index (κ1) is 109. The monoisotopic (exact) mass is 1390 g/mol. The summed E-state index contributed by atoms with van der Waals surface area (Å²) >= 11 is 20.7. The molecular formula is C48H101Cl4N12NaO10S7. The van der Waals surface area contributed by atoms with Gasteiger partial charge in [0.25, 0.3) is 11.8 Å². The zero-order chi connectivity index (χ0) is 63.0. The summed E-state index contributed by atoms with van der Waals surface area (Å²) in [6.45, 7) is 29.8. The molecule has 22 nitrogen and oxygen atoms in total. The number of carbonyl (C=O) groups is 8. The van der Waals surface area contributed by atoms with Crippen LogP contribution in [0.25, 0.3) is 0 Å². The van der Waals surface area contributed by atoms with Crippen molar-refractivity contribution in [3.05, 3.63) is 6.57 Å². The van der Waals surface area contributed by atoms with Crippen molar-refractivity contribution >= 4 is 192 Å². The minimum atomic E-state index is -1.16. The van der Waals surface area contributed by atoms with Crippen LogP contribution in [0.5, 0.6) is 0 Å². The van der Waals surface area contributed by atoms with Crippen molar-refractivity contribution in [3.63, 3.8) is 0 Å². The molecule has 2 fully saturated rings. The Morgan fingerprint density at radius 2 is 0.963 bits per heavy atom. The van der Waals surface area contributed by atoms with Crippen molar-refractivity contribution in [2.24, 2.45) is 33.7 Å². The Hall–Kier alpha value is -0.760. The van der Waals surface area contributed by atoms with Crippen molar-refractivity contribution in [2.45, 2.75) is 138 Å². The fraction of sp³-hybridized carbons (Fsp3) is 0.771. The molecule has 82 heavy (non-hydrogen) atoms. The Kier molecular flexibility index (Phi) is 96.7. The summed E-state index contributed by atoms with van der Waals surface area (Å²) in [5.74, 6) is 7.75. The number of rotatable bonds is 26. The number of carboxylic acids is 2. The summed E-state index contributed by atoms with van der Waals surface area (Å²) in [5, 5.41) is 39.7. The third-order valence-corrected chi connectivity index (χ3v) is 15.5. The number of thioether (sulfide) groups is 5. The molecule has 2 aliphatic rings. The van der Waals surface area contributed by atoms with Gasteiger partial charge in [0.1, 0.15) is 33.7 Å². The standard InChI is InChI=1S/C8H17N3O2S.2C8H14N2O2S.C6H14N2O2S.C6H12OS.C3H5ClO.C3H7N.C3H8S.C2H7NS.CN.3ClH.Na/c1-6(9)11-3-4-14-5-8(2,10)7(12)13;2*1-3-4-13-5-8(2)6(11)9-7(12)10-8;1-6(8,5(9)10)4-11-3-2-7;1-3-4-8-5-6(2)7;1-3(5)2-4;1-3(2)4;1-2-3-4;3-1-2-4;1-2;;;;/h3-5,10H2,1-2H3,(H2,9,11)(H,12,13);2*3-5H2,1-2H3,(H2,9,10,11,12);2-4,7-8H2,1H3,(H,9,10);3-5H2,1-2H3;2H2,1H3;4H,1-2H3;4H,2-3H2,1H3;4H,1-3H2;;3*1H;/q;;;;;;;;;-1;;;;+1/t2*8-;;6-;;;;;;;;;;/m00.0........../s1. The van der Waals surface area contributed by atoms with Crippen LogP contribution in [0.1, 0.15) is 116 Å². The van der Waals surface area contributed by atoms with E-state index in [0.29, 0.717) is 59.9 Å². The largest absolute Gasteiger partial charge is 1.00 e. The Labute approximate surface area is 569 Å². The van der Waals surface area contributed by atoms with Crippen molar-refractivity contribution in [1.82, 2.24) is 21.3 Å². The normalized spacial score (nSPS) is 16.0. The van der Waals surface area contributed by atoms with Gasteiger partial charge in [-0.3, -0.25) is 44.4 Å². The number of carbonyl (C=O) groups excluding carboxylic acids is 6. The van der Waals surface area contributed by atoms with E-state index >= 15 is 0 Å². The van der Waals surface area contributed by atoms with Crippen LogP contribution in [0.15, 0.2) is 4.99 Å². The van der Waals surface area contributed by atoms with Crippen LogP contribution in [0.4, 0.5) is 9.59 Å². The molecule has 0 aromatic carbocycles. The molecule has 1 unspecified atom stereocenters. The zero-order valence-electron chi connectivity index (χ0n) is 50.6. The number of hydrogen-bond acceptors (Lipinski definition) is 22. The van der Waals surface area contributed by atoms with E-state index in [1.165, 1.54) is 50.7 Å². The minimum Gasteiger partial charge on any atom is -0.512 e. The van der Waals surface area contributed by atoms with Gasteiger partial charge in [-0.1, -0.05) is 27.7 Å². The van der Waals surface area contributed by atoms with E-state index in [0.717, 1.165) is 59.5 Å². The van der Waals surface area contributed by atoms with E-state index < -0.39 is 34.1 Å². The van der Waals surface area contributed by atoms with Crippen LogP contribution in [-0.2, 0) is 28.8 Å². The third-order valence-electron chi connectivity index (χ3n) is 7.55. The molecule has 2 rings (SSSR count).